The summed E-state index contributed by atoms with van der Waals surface area (Å²) in [6.07, 6.45) is 0. The van der Waals surface area contributed by atoms with Crippen LogP contribution in [0.25, 0.3) is 0 Å². The fraction of sp³-hybridized carbons (Fsp3) is 0.133. The van der Waals surface area contributed by atoms with Crippen LogP contribution < -0.4 is 15.4 Å². The molecule has 2 aromatic rings. The molecule has 1 amide bonds. The van der Waals surface area contributed by atoms with E-state index in [1.54, 1.807) is 18.2 Å². The van der Waals surface area contributed by atoms with Crippen LogP contribution in [-0.4, -0.2) is 12.5 Å². The van der Waals surface area contributed by atoms with Gasteiger partial charge in [-0.05, 0) is 35.9 Å². The highest BCUT2D eigenvalue weighted by Crippen LogP contribution is 2.34. The second-order valence-corrected chi connectivity index (χ2v) is 4.74. The third-order valence-corrected chi connectivity index (χ3v) is 3.25. The lowest BCUT2D eigenvalue weighted by Crippen LogP contribution is -2.38. The highest BCUT2D eigenvalue weighted by molar-refractivity contribution is 5.98. The van der Waals surface area contributed by atoms with E-state index >= 15 is 0 Å². The molecule has 2 aromatic carbocycles. The summed E-state index contributed by atoms with van der Waals surface area (Å²) >= 11 is 0. The zero-order chi connectivity index (χ0) is 15.0. The molecule has 0 aliphatic carbocycles. The van der Waals surface area contributed by atoms with Gasteiger partial charge in [0.15, 0.2) is 18.2 Å². The molecule has 0 spiro atoms. The molecule has 4 nitrogen and oxygen atoms in total. The normalized spacial score (nSPS) is 13.8. The van der Waals surface area contributed by atoms with Crippen molar-refractivity contribution < 1.29 is 18.3 Å². The van der Waals surface area contributed by atoms with Crippen LogP contribution in [0.4, 0.5) is 20.2 Å². The minimum Gasteiger partial charge on any atom is -0.482 e. The number of nitrogens with zero attached hydrogens (tertiary/aromatic N) is 1. The van der Waals surface area contributed by atoms with Crippen molar-refractivity contribution in [2.45, 2.75) is 6.54 Å². The van der Waals surface area contributed by atoms with Gasteiger partial charge in [0.05, 0.1) is 12.2 Å². The van der Waals surface area contributed by atoms with Crippen molar-refractivity contribution in [1.29, 1.82) is 0 Å². The molecular weight excluding hydrogens is 278 g/mol. The molecule has 2 N–H and O–H groups in total. The topological polar surface area (TPSA) is 55.6 Å². The van der Waals surface area contributed by atoms with Crippen molar-refractivity contribution in [1.82, 2.24) is 0 Å². The standard InChI is InChI=1S/C15H12F2N2O2/c16-11-3-1-9(5-12(11)17)7-19-13-6-10(18)2-4-14(13)21-8-15(19)20/h1-6H,7-8,18H2. The Morgan fingerprint density at radius 1 is 1.14 bits per heavy atom. The van der Waals surface area contributed by atoms with Crippen LogP contribution in [0.3, 0.4) is 0 Å². The van der Waals surface area contributed by atoms with E-state index < -0.39 is 11.6 Å². The largest absolute Gasteiger partial charge is 0.482 e. The number of rotatable bonds is 2. The molecule has 3 rings (SSSR count). The lowest BCUT2D eigenvalue weighted by Gasteiger charge is -2.29. The number of hydrogen-bond acceptors (Lipinski definition) is 3. The maximum Gasteiger partial charge on any atom is 0.265 e. The van der Waals surface area contributed by atoms with Crippen LogP contribution in [0.5, 0.6) is 5.75 Å². The van der Waals surface area contributed by atoms with Crippen molar-refractivity contribution in [2.75, 3.05) is 17.2 Å². The van der Waals surface area contributed by atoms with Crippen LogP contribution in [0.1, 0.15) is 5.56 Å². The van der Waals surface area contributed by atoms with Gasteiger partial charge in [0.2, 0.25) is 0 Å². The van der Waals surface area contributed by atoms with Crippen LogP contribution in [0.2, 0.25) is 0 Å². The molecule has 0 aromatic heterocycles. The number of carbonyl (C=O) groups excluding carboxylic acids is 1. The summed E-state index contributed by atoms with van der Waals surface area (Å²) in [5, 5.41) is 0. The van der Waals surface area contributed by atoms with E-state index in [4.69, 9.17) is 10.5 Å². The van der Waals surface area contributed by atoms with Gasteiger partial charge in [0.1, 0.15) is 5.75 Å². The van der Waals surface area contributed by atoms with E-state index in [9.17, 15) is 13.6 Å². The number of nitrogen functional groups attached to an aromatic ring is 1. The van der Waals surface area contributed by atoms with Gasteiger partial charge in [-0.3, -0.25) is 4.79 Å². The predicted octanol–water partition coefficient (Wildman–Crippen LogP) is 2.47. The minimum atomic E-state index is -0.944. The number of fused-ring (bicyclic) bond motifs is 1. The summed E-state index contributed by atoms with van der Waals surface area (Å²) in [7, 11) is 0. The quantitative estimate of drug-likeness (QED) is 0.864. The van der Waals surface area contributed by atoms with Gasteiger partial charge < -0.3 is 15.4 Å². The molecule has 1 aliphatic rings. The molecule has 0 saturated carbocycles. The third kappa shape index (κ3) is 2.52. The van der Waals surface area contributed by atoms with E-state index in [1.165, 1.54) is 11.0 Å². The van der Waals surface area contributed by atoms with E-state index in [0.717, 1.165) is 12.1 Å². The average molecular weight is 290 g/mol. The number of nitrogens with two attached hydrogens (primary N) is 1. The Bertz CT molecular complexity index is 719. The highest BCUT2D eigenvalue weighted by atomic mass is 19.2. The van der Waals surface area contributed by atoms with E-state index in [-0.39, 0.29) is 19.1 Å². The van der Waals surface area contributed by atoms with Gasteiger partial charge >= 0.3 is 0 Å². The Morgan fingerprint density at radius 2 is 1.95 bits per heavy atom. The number of anilines is 2. The maximum absolute atomic E-state index is 13.3. The van der Waals surface area contributed by atoms with E-state index in [2.05, 4.69) is 0 Å². The Labute approximate surface area is 119 Å². The Morgan fingerprint density at radius 3 is 2.71 bits per heavy atom. The fourth-order valence-corrected chi connectivity index (χ4v) is 2.21. The van der Waals surface area contributed by atoms with Crippen molar-refractivity contribution in [3.05, 3.63) is 53.6 Å². The Hall–Kier alpha value is -2.63. The second kappa shape index (κ2) is 5.05. The first-order valence-corrected chi connectivity index (χ1v) is 6.31. The van der Waals surface area contributed by atoms with Crippen molar-refractivity contribution >= 4 is 17.3 Å². The van der Waals surface area contributed by atoms with Gasteiger partial charge in [-0.25, -0.2) is 8.78 Å². The Balaban J connectivity index is 1.96. The number of ether oxygens (including phenoxy) is 1. The molecule has 0 saturated heterocycles. The summed E-state index contributed by atoms with van der Waals surface area (Å²) in [4.78, 5) is 13.5. The Kier molecular flexibility index (Phi) is 3.21. The number of carbonyl (C=O) groups is 1. The van der Waals surface area contributed by atoms with Gasteiger partial charge in [0.25, 0.3) is 5.91 Å². The number of halogens is 2. The fourth-order valence-electron chi connectivity index (χ4n) is 2.21. The molecule has 0 fully saturated rings. The first-order valence-electron chi connectivity index (χ1n) is 6.31. The first-order chi connectivity index (χ1) is 10.0. The lowest BCUT2D eigenvalue weighted by atomic mass is 10.1. The number of benzene rings is 2. The summed E-state index contributed by atoms with van der Waals surface area (Å²) in [6.45, 7) is 0.0242. The molecule has 1 aliphatic heterocycles. The second-order valence-electron chi connectivity index (χ2n) is 4.74. The number of amides is 1. The van der Waals surface area contributed by atoms with Crippen molar-refractivity contribution in [3.63, 3.8) is 0 Å². The summed E-state index contributed by atoms with van der Waals surface area (Å²) in [5.41, 5.74) is 7.22. The summed E-state index contributed by atoms with van der Waals surface area (Å²) in [5.74, 6) is -1.60. The van der Waals surface area contributed by atoms with Crippen molar-refractivity contribution in [3.8, 4) is 5.75 Å². The average Bonchev–Trinajstić information content (AvgIpc) is 2.46. The predicted molar refractivity (Wildman–Crippen MR) is 73.9 cm³/mol. The van der Waals surface area contributed by atoms with E-state index in [0.29, 0.717) is 22.7 Å². The smallest absolute Gasteiger partial charge is 0.265 e. The molecule has 1 heterocycles. The van der Waals surface area contributed by atoms with Gasteiger partial charge in [-0.2, -0.15) is 0 Å². The van der Waals surface area contributed by atoms with Gasteiger partial charge in [-0.1, -0.05) is 6.07 Å². The molecule has 6 heteroatoms. The molecule has 0 atom stereocenters. The molecule has 0 unspecified atom stereocenters. The molecule has 0 bridgehead atoms. The van der Waals surface area contributed by atoms with Crippen LogP contribution in [-0.2, 0) is 11.3 Å². The molecular formula is C15H12F2N2O2. The zero-order valence-electron chi connectivity index (χ0n) is 11.0. The van der Waals surface area contributed by atoms with E-state index in [1.807, 2.05) is 0 Å². The maximum atomic E-state index is 13.3. The zero-order valence-corrected chi connectivity index (χ0v) is 11.0. The molecule has 21 heavy (non-hydrogen) atoms. The van der Waals surface area contributed by atoms with Crippen LogP contribution >= 0.6 is 0 Å². The first kappa shape index (κ1) is 13.4. The molecule has 0 radical (unpaired) electrons. The van der Waals surface area contributed by atoms with Crippen LogP contribution in [0.15, 0.2) is 36.4 Å². The monoisotopic (exact) mass is 290 g/mol. The summed E-state index contributed by atoms with van der Waals surface area (Å²) < 4.78 is 31.5. The van der Waals surface area contributed by atoms with Gasteiger partial charge in [0, 0.05) is 5.69 Å². The van der Waals surface area contributed by atoms with Crippen molar-refractivity contribution in [2.24, 2.45) is 0 Å². The minimum absolute atomic E-state index is 0.0966. The lowest BCUT2D eigenvalue weighted by molar-refractivity contribution is -0.121. The third-order valence-electron chi connectivity index (χ3n) is 3.25. The van der Waals surface area contributed by atoms with Crippen LogP contribution in [0, 0.1) is 11.6 Å². The van der Waals surface area contributed by atoms with Gasteiger partial charge in [-0.15, -0.1) is 0 Å². The SMILES string of the molecule is Nc1ccc2c(c1)N(Cc1ccc(F)c(F)c1)C(=O)CO2. The number of hydrogen-bond donors (Lipinski definition) is 1. The highest BCUT2D eigenvalue weighted by Gasteiger charge is 2.26. The molecule has 108 valence electrons. The summed E-state index contributed by atoms with van der Waals surface area (Å²) in [6, 6.07) is 8.51.